The number of aliphatic hydroxyl groups is 2. The van der Waals surface area contributed by atoms with Gasteiger partial charge < -0.3 is 15.5 Å². The average molecular weight is 842 g/mol. The van der Waals surface area contributed by atoms with Gasteiger partial charge in [0.1, 0.15) is 0 Å². The fraction of sp³-hybridized carbons (Fsp3) is 0.875. The van der Waals surface area contributed by atoms with Crippen molar-refractivity contribution in [2.75, 3.05) is 6.61 Å². The molecule has 0 saturated carbocycles. The van der Waals surface area contributed by atoms with Gasteiger partial charge in [-0.25, -0.2) is 0 Å². The van der Waals surface area contributed by atoms with Crippen LogP contribution >= 0.6 is 0 Å². The summed E-state index contributed by atoms with van der Waals surface area (Å²) in [5.41, 5.74) is 0. The Balaban J connectivity index is 3.54. The monoisotopic (exact) mass is 842 g/mol. The quantitative estimate of drug-likeness (QED) is 0.0422. The van der Waals surface area contributed by atoms with Crippen LogP contribution in [0.2, 0.25) is 0 Å². The summed E-state index contributed by atoms with van der Waals surface area (Å²) in [6, 6.07) is -0.644. The lowest BCUT2D eigenvalue weighted by atomic mass is 10.0. The molecule has 0 aliphatic carbocycles. The number of hydrogen-bond donors (Lipinski definition) is 3. The van der Waals surface area contributed by atoms with Crippen LogP contribution < -0.4 is 5.32 Å². The maximum Gasteiger partial charge on any atom is 0.220 e. The van der Waals surface area contributed by atoms with Crippen molar-refractivity contribution >= 4 is 5.91 Å². The minimum absolute atomic E-state index is 0.0724. The Hall–Kier alpha value is -1.39. The first kappa shape index (κ1) is 58.6. The Bertz CT molecular complexity index is 912. The van der Waals surface area contributed by atoms with Crippen molar-refractivity contribution in [3.63, 3.8) is 0 Å². The summed E-state index contributed by atoms with van der Waals surface area (Å²) in [7, 11) is 0. The summed E-state index contributed by atoms with van der Waals surface area (Å²) in [6.07, 6.45) is 70.2. The highest BCUT2D eigenvalue weighted by molar-refractivity contribution is 5.76. The van der Waals surface area contributed by atoms with Crippen LogP contribution in [-0.2, 0) is 4.79 Å². The van der Waals surface area contributed by atoms with Crippen molar-refractivity contribution in [2.24, 2.45) is 0 Å². The average Bonchev–Trinajstić information content (AvgIpc) is 3.25. The highest BCUT2D eigenvalue weighted by Gasteiger charge is 2.18. The zero-order valence-corrected chi connectivity index (χ0v) is 40.7. The summed E-state index contributed by atoms with van der Waals surface area (Å²) in [5, 5.41) is 23.1. The molecule has 0 fully saturated rings. The molecule has 0 aliphatic heterocycles. The number of aliphatic hydroxyl groups excluding tert-OH is 2. The van der Waals surface area contributed by atoms with E-state index in [9.17, 15) is 15.0 Å². The molecule has 0 spiro atoms. The third kappa shape index (κ3) is 47.7. The molecule has 0 heterocycles. The zero-order chi connectivity index (χ0) is 43.5. The van der Waals surface area contributed by atoms with Crippen molar-refractivity contribution in [1.29, 1.82) is 0 Å². The van der Waals surface area contributed by atoms with Crippen LogP contribution in [0.1, 0.15) is 296 Å². The van der Waals surface area contributed by atoms with Crippen LogP contribution in [0, 0.1) is 0 Å². The highest BCUT2D eigenvalue weighted by Crippen LogP contribution is 2.17. The number of rotatable bonds is 50. The molecule has 0 aliphatic rings. The van der Waals surface area contributed by atoms with Gasteiger partial charge in [-0.2, -0.15) is 0 Å². The zero-order valence-electron chi connectivity index (χ0n) is 40.7. The molecule has 4 nitrogen and oxygen atoms in total. The van der Waals surface area contributed by atoms with Gasteiger partial charge in [-0.15, -0.1) is 0 Å². The largest absolute Gasteiger partial charge is 0.394 e. The Morgan fingerprint density at radius 1 is 0.383 bits per heavy atom. The lowest BCUT2D eigenvalue weighted by Crippen LogP contribution is -2.45. The maximum atomic E-state index is 12.5. The van der Waals surface area contributed by atoms with Crippen LogP contribution in [0.3, 0.4) is 0 Å². The third-order valence-corrected chi connectivity index (χ3v) is 12.6. The van der Waals surface area contributed by atoms with E-state index in [0.717, 1.165) is 38.5 Å². The molecule has 0 rings (SSSR count). The van der Waals surface area contributed by atoms with Crippen LogP contribution in [0.4, 0.5) is 0 Å². The predicted molar refractivity (Wildman–Crippen MR) is 267 cm³/mol. The number of hydrogen-bond acceptors (Lipinski definition) is 3. The maximum absolute atomic E-state index is 12.5. The van der Waals surface area contributed by atoms with Crippen LogP contribution in [0.15, 0.2) is 36.5 Å². The van der Waals surface area contributed by atoms with Crippen molar-refractivity contribution < 1.29 is 15.0 Å². The lowest BCUT2D eigenvalue weighted by Gasteiger charge is -2.19. The number of amides is 1. The standard InChI is InChI=1S/C56H107NO3/c1-3-5-7-9-11-13-15-17-19-21-23-25-27-28-30-31-33-35-37-39-41-43-45-47-49-51-55(59)54(53-58)57-56(60)52-50-48-46-44-42-40-38-36-34-32-29-26-24-22-20-18-16-14-12-10-8-6-4-2/h33,35,41,43,49,51,54-55,58-59H,3-32,34,36-40,42,44-48,50,52-53H2,1-2H3,(H,57,60)/b35-33+,43-41+,51-49+. The summed E-state index contributed by atoms with van der Waals surface area (Å²) in [5.74, 6) is -0.0724. The summed E-state index contributed by atoms with van der Waals surface area (Å²) in [6.45, 7) is 4.33. The number of carbonyl (C=O) groups is 1. The van der Waals surface area contributed by atoms with Crippen molar-refractivity contribution in [1.82, 2.24) is 5.32 Å². The van der Waals surface area contributed by atoms with Gasteiger partial charge in [0.2, 0.25) is 5.91 Å². The number of nitrogens with one attached hydrogen (secondary N) is 1. The summed E-state index contributed by atoms with van der Waals surface area (Å²) in [4.78, 5) is 12.5. The predicted octanol–water partition coefficient (Wildman–Crippen LogP) is 17.7. The van der Waals surface area contributed by atoms with Gasteiger partial charge in [-0.05, 0) is 44.9 Å². The van der Waals surface area contributed by atoms with E-state index in [0.29, 0.717) is 6.42 Å². The van der Waals surface area contributed by atoms with Gasteiger partial charge in [0.25, 0.3) is 0 Å². The fourth-order valence-corrected chi connectivity index (χ4v) is 8.45. The molecule has 0 aromatic carbocycles. The van der Waals surface area contributed by atoms with Crippen LogP contribution in [0.25, 0.3) is 0 Å². The smallest absolute Gasteiger partial charge is 0.220 e. The van der Waals surface area contributed by atoms with E-state index in [1.54, 1.807) is 6.08 Å². The molecule has 354 valence electrons. The molecule has 60 heavy (non-hydrogen) atoms. The minimum Gasteiger partial charge on any atom is -0.394 e. The van der Waals surface area contributed by atoms with Crippen LogP contribution in [-0.4, -0.2) is 34.9 Å². The molecule has 0 radical (unpaired) electrons. The Morgan fingerprint density at radius 3 is 0.967 bits per heavy atom. The molecule has 0 saturated heterocycles. The Kier molecular flexibility index (Phi) is 50.8. The van der Waals surface area contributed by atoms with E-state index < -0.39 is 12.1 Å². The van der Waals surface area contributed by atoms with Crippen LogP contribution in [0.5, 0.6) is 0 Å². The second-order valence-electron chi connectivity index (χ2n) is 18.6. The van der Waals surface area contributed by atoms with E-state index >= 15 is 0 Å². The molecule has 3 N–H and O–H groups in total. The first-order valence-corrected chi connectivity index (χ1v) is 27.2. The highest BCUT2D eigenvalue weighted by atomic mass is 16.3. The molecule has 2 atom stereocenters. The first-order valence-electron chi connectivity index (χ1n) is 27.2. The van der Waals surface area contributed by atoms with E-state index in [-0.39, 0.29) is 12.5 Å². The van der Waals surface area contributed by atoms with Gasteiger partial charge in [0, 0.05) is 6.42 Å². The molecule has 4 heteroatoms. The Morgan fingerprint density at radius 2 is 0.650 bits per heavy atom. The van der Waals surface area contributed by atoms with E-state index in [4.69, 9.17) is 0 Å². The molecule has 2 unspecified atom stereocenters. The van der Waals surface area contributed by atoms with Crippen molar-refractivity contribution in [3.05, 3.63) is 36.5 Å². The third-order valence-electron chi connectivity index (χ3n) is 12.6. The van der Waals surface area contributed by atoms with Gasteiger partial charge in [0.05, 0.1) is 18.8 Å². The van der Waals surface area contributed by atoms with Crippen molar-refractivity contribution in [2.45, 2.75) is 309 Å². The first-order chi connectivity index (χ1) is 29.7. The summed E-state index contributed by atoms with van der Waals surface area (Å²) < 4.78 is 0. The SMILES string of the molecule is CCCCCCCCCCCCCCCCC/C=C/CC/C=C/CC/C=C/C(O)C(CO)NC(=O)CCCCCCCCCCCCCCCCCCCCCCCCC. The molecular weight excluding hydrogens is 735 g/mol. The van der Waals surface area contributed by atoms with E-state index in [1.807, 2.05) is 6.08 Å². The van der Waals surface area contributed by atoms with E-state index in [1.165, 1.54) is 238 Å². The number of carbonyl (C=O) groups excluding carboxylic acids is 1. The fourth-order valence-electron chi connectivity index (χ4n) is 8.45. The second kappa shape index (κ2) is 52.0. The topological polar surface area (TPSA) is 69.6 Å². The van der Waals surface area contributed by atoms with Gasteiger partial charge in [-0.3, -0.25) is 4.79 Å². The number of unbranched alkanes of at least 4 members (excludes halogenated alkanes) is 39. The molecule has 0 bridgehead atoms. The molecule has 1 amide bonds. The normalized spacial score (nSPS) is 13.1. The molecule has 0 aromatic rings. The van der Waals surface area contributed by atoms with Gasteiger partial charge in [0.15, 0.2) is 0 Å². The van der Waals surface area contributed by atoms with Crippen molar-refractivity contribution in [3.8, 4) is 0 Å². The molecule has 0 aromatic heterocycles. The Labute approximate surface area is 376 Å². The van der Waals surface area contributed by atoms with Gasteiger partial charge in [-0.1, -0.05) is 281 Å². The minimum atomic E-state index is -0.869. The van der Waals surface area contributed by atoms with E-state index in [2.05, 4.69) is 43.5 Å². The molecular formula is C56H107NO3. The van der Waals surface area contributed by atoms with Gasteiger partial charge >= 0.3 is 0 Å². The summed E-state index contributed by atoms with van der Waals surface area (Å²) >= 11 is 0. The lowest BCUT2D eigenvalue weighted by molar-refractivity contribution is -0.123. The second-order valence-corrected chi connectivity index (χ2v) is 18.6. The number of allylic oxidation sites excluding steroid dienone is 5.